The summed E-state index contributed by atoms with van der Waals surface area (Å²) >= 11 is 6.79. The Morgan fingerprint density at radius 2 is 1.68 bits per heavy atom. The molecule has 1 fully saturated rings. The van der Waals surface area contributed by atoms with Crippen LogP contribution in [-0.4, -0.2) is 22.9 Å². The molecule has 2 aliphatic rings. The summed E-state index contributed by atoms with van der Waals surface area (Å²) in [7, 11) is -0.836. The van der Waals surface area contributed by atoms with E-state index in [9.17, 15) is 13.2 Å². The van der Waals surface area contributed by atoms with Crippen LogP contribution in [0.2, 0.25) is 5.02 Å². The van der Waals surface area contributed by atoms with Crippen molar-refractivity contribution in [3.05, 3.63) is 69.1 Å². The van der Waals surface area contributed by atoms with E-state index in [4.69, 9.17) is 25.6 Å². The second kappa shape index (κ2) is 7.99. The Hall–Kier alpha value is -2.53. The minimum Gasteiger partial charge on any atom is -0.464 e. The Morgan fingerprint density at radius 3 is 2.32 bits per heavy atom. The van der Waals surface area contributed by atoms with E-state index in [1.54, 1.807) is 34.9 Å². The van der Waals surface area contributed by atoms with Crippen molar-refractivity contribution in [1.29, 1.82) is 0 Å². The third-order valence-corrected chi connectivity index (χ3v) is 8.68. The van der Waals surface area contributed by atoms with E-state index in [1.165, 1.54) is 12.1 Å². The van der Waals surface area contributed by atoms with Gasteiger partial charge in [-0.2, -0.15) is 13.2 Å². The minimum absolute atomic E-state index is 0.193. The van der Waals surface area contributed by atoms with E-state index < -0.39 is 41.4 Å². The van der Waals surface area contributed by atoms with Crippen molar-refractivity contribution in [1.82, 2.24) is 4.57 Å². The van der Waals surface area contributed by atoms with Gasteiger partial charge in [0.15, 0.2) is 0 Å². The zero-order chi connectivity index (χ0) is 26.5. The van der Waals surface area contributed by atoms with Crippen LogP contribution in [0.15, 0.2) is 48.5 Å². The molecular formula is C26H21BClF4NO3S. The van der Waals surface area contributed by atoms with Crippen LogP contribution in [0.1, 0.15) is 43.7 Å². The van der Waals surface area contributed by atoms with Gasteiger partial charge in [0.1, 0.15) is 16.4 Å². The maximum absolute atomic E-state index is 15.8. The third-order valence-electron chi connectivity index (χ3n) is 7.28. The Labute approximate surface area is 219 Å². The molecule has 0 radical (unpaired) electrons. The van der Waals surface area contributed by atoms with Gasteiger partial charge in [0, 0.05) is 10.4 Å². The lowest BCUT2D eigenvalue weighted by Crippen LogP contribution is -2.41. The van der Waals surface area contributed by atoms with Gasteiger partial charge in [-0.05, 0) is 81.7 Å². The lowest BCUT2D eigenvalue weighted by molar-refractivity contribution is -0.134. The number of thiophene rings is 1. The molecule has 1 atom stereocenters. The highest BCUT2D eigenvalue weighted by Gasteiger charge is 2.52. The molecule has 0 spiro atoms. The first-order valence-electron chi connectivity index (χ1n) is 11.6. The van der Waals surface area contributed by atoms with E-state index in [2.05, 4.69) is 0 Å². The summed E-state index contributed by atoms with van der Waals surface area (Å²) < 4.78 is 76.2. The Kier molecular flexibility index (Phi) is 5.35. The van der Waals surface area contributed by atoms with Gasteiger partial charge in [0.05, 0.1) is 32.9 Å². The van der Waals surface area contributed by atoms with Gasteiger partial charge >= 0.3 is 13.3 Å². The average Bonchev–Trinajstić information content (AvgIpc) is 3.47. The summed E-state index contributed by atoms with van der Waals surface area (Å²) in [6.07, 6.45) is -5.43. The first kappa shape index (κ1) is 24.8. The molecule has 2 aliphatic heterocycles. The summed E-state index contributed by atoms with van der Waals surface area (Å²) in [6.45, 7) is 7.58. The highest BCUT2D eigenvalue weighted by Crippen LogP contribution is 2.48. The summed E-state index contributed by atoms with van der Waals surface area (Å²) in [5.74, 6) is -0.365. The number of hydrogen-bond donors (Lipinski definition) is 0. The van der Waals surface area contributed by atoms with Crippen LogP contribution in [0.4, 0.5) is 17.6 Å². The Morgan fingerprint density at radius 1 is 0.973 bits per heavy atom. The molecule has 0 bridgehead atoms. The summed E-state index contributed by atoms with van der Waals surface area (Å²) in [6, 6.07) is 12.3. The normalized spacial score (nSPS) is 20.1. The van der Waals surface area contributed by atoms with Crippen LogP contribution < -0.4 is 10.2 Å². The van der Waals surface area contributed by atoms with Crippen molar-refractivity contribution in [2.24, 2.45) is 0 Å². The number of aromatic nitrogens is 1. The lowest BCUT2D eigenvalue weighted by Gasteiger charge is -2.32. The van der Waals surface area contributed by atoms with Gasteiger partial charge in [-0.3, -0.25) is 4.57 Å². The number of nitrogens with zero attached hydrogens (tertiary/aromatic N) is 1. The molecule has 192 valence electrons. The molecule has 0 aliphatic carbocycles. The van der Waals surface area contributed by atoms with Gasteiger partial charge in [0.25, 0.3) is 0 Å². The molecule has 0 N–H and O–H groups in total. The van der Waals surface area contributed by atoms with Crippen molar-refractivity contribution in [3.8, 4) is 17.0 Å². The summed E-state index contributed by atoms with van der Waals surface area (Å²) in [4.78, 5) is -0.414. The van der Waals surface area contributed by atoms with Crippen LogP contribution in [-0.2, 0) is 15.5 Å². The van der Waals surface area contributed by atoms with Crippen molar-refractivity contribution in [2.45, 2.75) is 51.3 Å². The van der Waals surface area contributed by atoms with Crippen molar-refractivity contribution < 1.29 is 31.6 Å². The van der Waals surface area contributed by atoms with Crippen LogP contribution in [0.25, 0.3) is 22.2 Å². The highest BCUT2D eigenvalue weighted by atomic mass is 35.5. The zero-order valence-corrected chi connectivity index (χ0v) is 21.8. The van der Waals surface area contributed by atoms with E-state index in [0.29, 0.717) is 43.3 Å². The minimum atomic E-state index is -4.49. The smallest absolute Gasteiger partial charge is 0.464 e. The maximum atomic E-state index is 15.8. The molecule has 0 saturated carbocycles. The average molecular weight is 550 g/mol. The quantitative estimate of drug-likeness (QED) is 0.193. The maximum Gasteiger partial charge on any atom is 0.495 e. The largest absolute Gasteiger partial charge is 0.495 e. The number of hydrogen-bond acceptors (Lipinski definition) is 4. The molecule has 0 amide bonds. The summed E-state index contributed by atoms with van der Waals surface area (Å²) in [5, 5.41) is 1.20. The fourth-order valence-electron chi connectivity index (χ4n) is 4.71. The molecule has 6 rings (SSSR count). The predicted molar refractivity (Wildman–Crippen MR) is 136 cm³/mol. The highest BCUT2D eigenvalue weighted by molar-refractivity contribution is 7.12. The first-order valence-corrected chi connectivity index (χ1v) is 12.8. The molecule has 4 heterocycles. The van der Waals surface area contributed by atoms with Gasteiger partial charge in [-0.25, -0.2) is 4.39 Å². The van der Waals surface area contributed by atoms with Gasteiger partial charge < -0.3 is 14.0 Å². The number of alkyl halides is 3. The second-order valence-corrected chi connectivity index (χ2v) is 11.8. The topological polar surface area (TPSA) is 32.6 Å². The van der Waals surface area contributed by atoms with Gasteiger partial charge in [-0.1, -0.05) is 11.6 Å². The molecular weight excluding hydrogens is 529 g/mol. The zero-order valence-electron chi connectivity index (χ0n) is 20.2. The van der Waals surface area contributed by atoms with E-state index in [0.717, 1.165) is 6.07 Å². The van der Waals surface area contributed by atoms with Gasteiger partial charge in [0.2, 0.25) is 6.23 Å². The monoisotopic (exact) mass is 549 g/mol. The number of fused-ring (bicyclic) bond motifs is 5. The second-order valence-electron chi connectivity index (χ2n) is 10.2. The standard InChI is InChI=1S/C26H21BClF4NO3S/c1-24(2)25(3,4)36-27(35-24)14-11-16(29)22-18-10-13-9-15(28)5-6-17(13)33(18)23(34-19(22)12-14)20-7-8-21(37-20)26(30,31)32/h5-12,23H,1-4H3. The number of benzene rings is 2. The number of ether oxygens (including phenoxy) is 1. The van der Waals surface area contributed by atoms with Crippen molar-refractivity contribution >= 4 is 46.4 Å². The molecule has 4 nitrogen and oxygen atoms in total. The molecule has 2 aromatic heterocycles. The molecule has 1 saturated heterocycles. The number of halogens is 5. The molecule has 1 unspecified atom stereocenters. The van der Waals surface area contributed by atoms with Crippen LogP contribution in [0.3, 0.4) is 0 Å². The third kappa shape index (κ3) is 3.88. The SMILES string of the molecule is CC1(C)OB(c2cc(F)c3c(c2)OC(c2ccc(C(F)(F)F)s2)n2c-3cc3cc(Cl)ccc32)OC1(C)C. The van der Waals surface area contributed by atoms with Crippen LogP contribution in [0, 0.1) is 5.82 Å². The molecule has 4 aromatic rings. The fraction of sp³-hybridized carbons (Fsp3) is 0.308. The van der Waals surface area contributed by atoms with Gasteiger partial charge in [-0.15, -0.1) is 11.3 Å². The summed E-state index contributed by atoms with van der Waals surface area (Å²) in [5.41, 5.74) is 0.489. The molecule has 37 heavy (non-hydrogen) atoms. The fourth-order valence-corrected chi connectivity index (χ4v) is 5.78. The van der Waals surface area contributed by atoms with E-state index >= 15 is 4.39 Å². The molecule has 2 aromatic carbocycles. The Balaban J connectivity index is 1.53. The number of rotatable bonds is 2. The van der Waals surface area contributed by atoms with Crippen LogP contribution >= 0.6 is 22.9 Å². The lowest BCUT2D eigenvalue weighted by atomic mass is 9.78. The first-order chi connectivity index (χ1) is 17.2. The van der Waals surface area contributed by atoms with Crippen LogP contribution in [0.5, 0.6) is 5.75 Å². The Bertz CT molecular complexity index is 1550. The van der Waals surface area contributed by atoms with Crippen molar-refractivity contribution in [2.75, 3.05) is 0 Å². The molecule has 11 heteroatoms. The van der Waals surface area contributed by atoms with E-state index in [-0.39, 0.29) is 11.3 Å². The predicted octanol–water partition coefficient (Wildman–Crippen LogP) is 7.42. The van der Waals surface area contributed by atoms with Crippen molar-refractivity contribution in [3.63, 3.8) is 0 Å². The van der Waals surface area contributed by atoms with E-state index in [1.807, 2.05) is 27.7 Å².